The highest BCUT2D eigenvalue weighted by Crippen LogP contribution is 2.43. The first-order chi connectivity index (χ1) is 14.3. The Morgan fingerprint density at radius 2 is 2.03 bits per heavy atom. The highest BCUT2D eigenvalue weighted by Gasteiger charge is 2.50. The molecule has 2 aliphatic rings. The van der Waals surface area contributed by atoms with Gasteiger partial charge in [0.1, 0.15) is 17.8 Å². The van der Waals surface area contributed by atoms with Gasteiger partial charge in [0, 0.05) is 29.3 Å². The minimum absolute atomic E-state index is 0.101. The number of likely N-dealkylation sites (N-methyl/N-ethyl adjacent to an activating group) is 1. The molecule has 2 N–H and O–H groups in total. The Kier molecular flexibility index (Phi) is 5.88. The highest BCUT2D eigenvalue weighted by atomic mass is 19.1. The molecule has 3 atom stereocenters. The Hall–Kier alpha value is -1.95. The summed E-state index contributed by atoms with van der Waals surface area (Å²) in [5.74, 6) is 0.909. The maximum atomic E-state index is 15.8. The summed E-state index contributed by atoms with van der Waals surface area (Å²) in [5.41, 5.74) is 2.77. The largest absolute Gasteiger partial charge is 0.493 e. The molecule has 0 bridgehead atoms. The van der Waals surface area contributed by atoms with Crippen LogP contribution < -0.4 is 10.1 Å². The number of aliphatic hydroxyl groups is 1. The number of nitrogens with zero attached hydrogens (tertiary/aromatic N) is 1. The summed E-state index contributed by atoms with van der Waals surface area (Å²) in [6.45, 7) is 7.66. The van der Waals surface area contributed by atoms with Crippen LogP contribution in [-0.2, 0) is 0 Å². The lowest BCUT2D eigenvalue weighted by molar-refractivity contribution is 0.00112. The third-order valence-corrected chi connectivity index (χ3v) is 6.56. The van der Waals surface area contributed by atoms with E-state index in [1.165, 1.54) is 0 Å². The van der Waals surface area contributed by atoms with E-state index in [2.05, 4.69) is 19.2 Å². The molecule has 162 valence electrons. The fourth-order valence-electron chi connectivity index (χ4n) is 4.84. The second-order valence-electron chi connectivity index (χ2n) is 9.41. The Labute approximate surface area is 179 Å². The van der Waals surface area contributed by atoms with Gasteiger partial charge < -0.3 is 15.2 Å². The molecule has 1 unspecified atom stereocenters. The number of hydrogen-bond acceptors (Lipinski definition) is 4. The molecular formula is C25H33FN2O2. The molecule has 0 radical (unpaired) electrons. The van der Waals surface area contributed by atoms with Gasteiger partial charge in [-0.05, 0) is 51.3 Å². The minimum Gasteiger partial charge on any atom is -0.493 e. The van der Waals surface area contributed by atoms with Crippen molar-refractivity contribution in [2.24, 2.45) is 5.92 Å². The molecule has 30 heavy (non-hydrogen) atoms. The van der Waals surface area contributed by atoms with E-state index in [-0.39, 0.29) is 17.4 Å². The number of ether oxygens (including phenoxy) is 1. The standard InChI is InChI=1S/C25H33FN2O2/c1-16(2)15-30-22-9-8-17(3)14-20(22)18-6-5-7-19(23(18)26)21-10-11-25(27-21)12-13-28(4)24(25)29/h5-9,14,16,21,24,27,29H,10-13,15H2,1-4H3/t21-,24?,25-/m1/s1. The van der Waals surface area contributed by atoms with Crippen molar-refractivity contribution in [3.8, 4) is 16.9 Å². The lowest BCUT2D eigenvalue weighted by atomic mass is 9.94. The van der Waals surface area contributed by atoms with Gasteiger partial charge in [-0.25, -0.2) is 4.39 Å². The topological polar surface area (TPSA) is 44.7 Å². The summed E-state index contributed by atoms with van der Waals surface area (Å²) in [4.78, 5) is 1.97. The van der Waals surface area contributed by atoms with Gasteiger partial charge in [0.05, 0.1) is 12.1 Å². The smallest absolute Gasteiger partial charge is 0.135 e. The Morgan fingerprint density at radius 3 is 2.73 bits per heavy atom. The molecule has 2 aliphatic heterocycles. The van der Waals surface area contributed by atoms with Crippen LogP contribution in [0.4, 0.5) is 4.39 Å². The van der Waals surface area contributed by atoms with Crippen molar-refractivity contribution in [2.45, 2.75) is 57.8 Å². The van der Waals surface area contributed by atoms with Crippen LogP contribution in [0.15, 0.2) is 36.4 Å². The number of hydrogen-bond donors (Lipinski definition) is 2. The van der Waals surface area contributed by atoms with Crippen molar-refractivity contribution in [1.29, 1.82) is 0 Å². The van der Waals surface area contributed by atoms with Gasteiger partial charge in [0.2, 0.25) is 0 Å². The van der Waals surface area contributed by atoms with Crippen LogP contribution in [0.25, 0.3) is 11.1 Å². The second-order valence-corrected chi connectivity index (χ2v) is 9.41. The zero-order chi connectivity index (χ0) is 21.5. The predicted octanol–water partition coefficient (Wildman–Crippen LogP) is 4.65. The maximum Gasteiger partial charge on any atom is 0.135 e. The average Bonchev–Trinajstić information content (AvgIpc) is 3.27. The summed E-state index contributed by atoms with van der Waals surface area (Å²) in [7, 11) is 1.94. The summed E-state index contributed by atoms with van der Waals surface area (Å²) in [6, 6.07) is 11.5. The molecule has 5 heteroatoms. The van der Waals surface area contributed by atoms with Crippen molar-refractivity contribution >= 4 is 0 Å². The zero-order valence-electron chi connectivity index (χ0n) is 18.4. The van der Waals surface area contributed by atoms with Gasteiger partial charge in [-0.2, -0.15) is 0 Å². The minimum atomic E-state index is -0.526. The molecule has 0 aliphatic carbocycles. The van der Waals surface area contributed by atoms with Crippen molar-refractivity contribution < 1.29 is 14.2 Å². The van der Waals surface area contributed by atoms with E-state index < -0.39 is 6.23 Å². The third kappa shape index (κ3) is 3.86. The van der Waals surface area contributed by atoms with Crippen molar-refractivity contribution in [3.05, 3.63) is 53.3 Å². The molecule has 0 amide bonds. The fourth-order valence-corrected chi connectivity index (χ4v) is 4.84. The van der Waals surface area contributed by atoms with Gasteiger partial charge in [-0.1, -0.05) is 43.7 Å². The average molecular weight is 413 g/mol. The molecule has 4 rings (SSSR count). The van der Waals surface area contributed by atoms with Crippen LogP contribution in [0.1, 0.15) is 50.3 Å². The van der Waals surface area contributed by atoms with E-state index in [9.17, 15) is 5.11 Å². The van der Waals surface area contributed by atoms with Crippen molar-refractivity contribution in [2.75, 3.05) is 20.2 Å². The SMILES string of the molecule is Cc1ccc(OCC(C)C)c(-c2cccc([C@H]3CC[C@]4(CCN(C)C4O)N3)c2F)c1. The van der Waals surface area contributed by atoms with Gasteiger partial charge in [-0.15, -0.1) is 0 Å². The number of aliphatic hydroxyl groups excluding tert-OH is 1. The second kappa shape index (κ2) is 8.29. The van der Waals surface area contributed by atoms with Crippen LogP contribution in [0.3, 0.4) is 0 Å². The van der Waals surface area contributed by atoms with Crippen molar-refractivity contribution in [1.82, 2.24) is 10.2 Å². The number of halogens is 1. The van der Waals surface area contributed by atoms with Crippen LogP contribution in [0.2, 0.25) is 0 Å². The number of nitrogens with one attached hydrogen (secondary N) is 1. The van der Waals surface area contributed by atoms with Crippen LogP contribution in [-0.4, -0.2) is 42.0 Å². The van der Waals surface area contributed by atoms with E-state index in [1.807, 2.05) is 55.3 Å². The Morgan fingerprint density at radius 1 is 1.23 bits per heavy atom. The van der Waals surface area contributed by atoms with Gasteiger partial charge in [-0.3, -0.25) is 4.90 Å². The van der Waals surface area contributed by atoms with Crippen LogP contribution in [0, 0.1) is 18.7 Å². The molecule has 0 saturated carbocycles. The number of likely N-dealkylation sites (tertiary alicyclic amines) is 1. The fraction of sp³-hybridized carbons (Fsp3) is 0.520. The maximum absolute atomic E-state index is 15.8. The molecule has 2 aromatic rings. The van der Waals surface area contributed by atoms with Crippen LogP contribution >= 0.6 is 0 Å². The molecule has 2 fully saturated rings. The Bertz CT molecular complexity index is 916. The first kappa shape index (κ1) is 21.3. The molecule has 2 heterocycles. The lowest BCUT2D eigenvalue weighted by Crippen LogP contribution is -2.50. The number of aryl methyl sites for hydroxylation is 1. The highest BCUT2D eigenvalue weighted by molar-refractivity contribution is 5.72. The summed E-state index contributed by atoms with van der Waals surface area (Å²) in [5, 5.41) is 14.2. The summed E-state index contributed by atoms with van der Waals surface area (Å²) >= 11 is 0. The summed E-state index contributed by atoms with van der Waals surface area (Å²) < 4.78 is 21.8. The first-order valence-electron chi connectivity index (χ1n) is 11.0. The normalized spacial score (nSPS) is 26.8. The van der Waals surface area contributed by atoms with Gasteiger partial charge in [0.15, 0.2) is 0 Å². The van der Waals surface area contributed by atoms with Gasteiger partial charge in [0.25, 0.3) is 0 Å². The van der Waals surface area contributed by atoms with Crippen LogP contribution in [0.5, 0.6) is 5.75 Å². The number of rotatable bonds is 5. The molecule has 0 aromatic heterocycles. The lowest BCUT2D eigenvalue weighted by Gasteiger charge is -2.31. The quantitative estimate of drug-likeness (QED) is 0.750. The number of benzene rings is 2. The first-order valence-corrected chi connectivity index (χ1v) is 11.0. The van der Waals surface area contributed by atoms with Gasteiger partial charge >= 0.3 is 0 Å². The molecule has 4 nitrogen and oxygen atoms in total. The third-order valence-electron chi connectivity index (χ3n) is 6.56. The molecule has 2 saturated heterocycles. The van der Waals surface area contributed by atoms with E-state index in [0.717, 1.165) is 36.9 Å². The molecule has 1 spiro atoms. The van der Waals surface area contributed by atoms with E-state index in [1.54, 1.807) is 0 Å². The van der Waals surface area contributed by atoms with Crippen molar-refractivity contribution in [3.63, 3.8) is 0 Å². The predicted molar refractivity (Wildman–Crippen MR) is 118 cm³/mol. The van der Waals surface area contributed by atoms with E-state index in [0.29, 0.717) is 29.4 Å². The molecule has 2 aromatic carbocycles. The Balaban J connectivity index is 1.66. The van der Waals surface area contributed by atoms with E-state index >= 15 is 4.39 Å². The zero-order valence-corrected chi connectivity index (χ0v) is 18.4. The van der Waals surface area contributed by atoms with E-state index in [4.69, 9.17) is 4.74 Å². The molecular weight excluding hydrogens is 379 g/mol. The monoisotopic (exact) mass is 412 g/mol. The summed E-state index contributed by atoms with van der Waals surface area (Å²) in [6.07, 6.45) is 2.02.